The first kappa shape index (κ1) is 16.4. The van der Waals surface area contributed by atoms with Crippen LogP contribution in [-0.2, 0) is 13.6 Å². The molecule has 0 fully saturated rings. The van der Waals surface area contributed by atoms with Crippen LogP contribution in [0.4, 0.5) is 5.69 Å². The molecule has 0 spiro atoms. The summed E-state index contributed by atoms with van der Waals surface area (Å²) < 4.78 is 1.79. The maximum atomic E-state index is 12.7. The van der Waals surface area contributed by atoms with E-state index in [1.807, 2.05) is 61.6 Å². The Kier molecular flexibility index (Phi) is 3.79. The fourth-order valence-electron chi connectivity index (χ4n) is 3.61. The van der Waals surface area contributed by atoms with Crippen LogP contribution in [0.15, 0.2) is 77.9 Å². The van der Waals surface area contributed by atoms with Gasteiger partial charge in [0.2, 0.25) is 0 Å². The van der Waals surface area contributed by atoms with Crippen molar-refractivity contribution in [2.75, 3.05) is 5.32 Å². The number of carbonyl (C=O) groups is 1. The van der Waals surface area contributed by atoms with Crippen LogP contribution in [0, 0.1) is 0 Å². The Morgan fingerprint density at radius 1 is 1.04 bits per heavy atom. The number of aromatic nitrogens is 2. The Balaban J connectivity index is 1.43. The normalized spacial score (nSPS) is 12.7. The lowest BCUT2D eigenvalue weighted by atomic mass is 9.99. The minimum absolute atomic E-state index is 0.137. The zero-order chi connectivity index (χ0) is 19.1. The SMILES string of the molecule is Cn1ncc2cc(C(=O)Nc3ccc4c(c3)C(c3ccccc3)=NC4)ccc21. The van der Waals surface area contributed by atoms with E-state index in [4.69, 9.17) is 0 Å². The van der Waals surface area contributed by atoms with E-state index in [0.717, 1.165) is 33.4 Å². The second-order valence-electron chi connectivity index (χ2n) is 6.90. The van der Waals surface area contributed by atoms with Crippen LogP contribution in [0.5, 0.6) is 0 Å². The second-order valence-corrected chi connectivity index (χ2v) is 6.90. The molecule has 0 radical (unpaired) electrons. The van der Waals surface area contributed by atoms with Gasteiger partial charge >= 0.3 is 0 Å². The van der Waals surface area contributed by atoms with Crippen LogP contribution in [0.25, 0.3) is 10.9 Å². The molecular weight excluding hydrogens is 348 g/mol. The van der Waals surface area contributed by atoms with Gasteiger partial charge in [0.15, 0.2) is 0 Å². The molecule has 3 aromatic carbocycles. The molecule has 5 heteroatoms. The molecule has 4 aromatic rings. The number of carbonyl (C=O) groups excluding carboxylic acids is 1. The molecular formula is C23H18N4O. The van der Waals surface area contributed by atoms with Crippen molar-refractivity contribution >= 4 is 28.2 Å². The Bertz CT molecular complexity index is 1240. The van der Waals surface area contributed by atoms with Crippen LogP contribution < -0.4 is 5.32 Å². The van der Waals surface area contributed by atoms with Gasteiger partial charge in [-0.2, -0.15) is 5.10 Å². The van der Waals surface area contributed by atoms with Gasteiger partial charge in [0.05, 0.1) is 24.0 Å². The van der Waals surface area contributed by atoms with Crippen molar-refractivity contribution in [3.05, 3.63) is 95.2 Å². The van der Waals surface area contributed by atoms with Gasteiger partial charge in [-0.1, -0.05) is 36.4 Å². The van der Waals surface area contributed by atoms with Crippen LogP contribution in [-0.4, -0.2) is 21.4 Å². The van der Waals surface area contributed by atoms with Crippen LogP contribution in [0.2, 0.25) is 0 Å². The summed E-state index contributed by atoms with van der Waals surface area (Å²) in [5.41, 5.74) is 6.69. The van der Waals surface area contributed by atoms with Crippen molar-refractivity contribution in [3.63, 3.8) is 0 Å². The van der Waals surface area contributed by atoms with Gasteiger partial charge in [0.1, 0.15) is 0 Å². The molecule has 1 N–H and O–H groups in total. The minimum atomic E-state index is -0.137. The molecule has 136 valence electrons. The average molecular weight is 366 g/mol. The number of hydrogen-bond acceptors (Lipinski definition) is 3. The van der Waals surface area contributed by atoms with Crippen molar-refractivity contribution in [1.29, 1.82) is 0 Å². The van der Waals surface area contributed by atoms with Gasteiger partial charge in [-0.25, -0.2) is 0 Å². The van der Waals surface area contributed by atoms with E-state index < -0.39 is 0 Å². The van der Waals surface area contributed by atoms with E-state index in [-0.39, 0.29) is 5.91 Å². The quantitative estimate of drug-likeness (QED) is 0.591. The molecule has 28 heavy (non-hydrogen) atoms. The summed E-state index contributed by atoms with van der Waals surface area (Å²) in [6, 6.07) is 21.7. The topological polar surface area (TPSA) is 59.3 Å². The Labute approximate surface area is 162 Å². The fourth-order valence-corrected chi connectivity index (χ4v) is 3.61. The predicted molar refractivity (Wildman–Crippen MR) is 111 cm³/mol. The van der Waals surface area contributed by atoms with Gasteiger partial charge in [0.25, 0.3) is 5.91 Å². The summed E-state index contributed by atoms with van der Waals surface area (Å²) in [6.45, 7) is 0.672. The van der Waals surface area contributed by atoms with Gasteiger partial charge in [0, 0.05) is 34.8 Å². The van der Waals surface area contributed by atoms with Gasteiger partial charge in [-0.05, 0) is 35.9 Å². The van der Waals surface area contributed by atoms with Crippen LogP contribution in [0.1, 0.15) is 27.0 Å². The highest BCUT2D eigenvalue weighted by Gasteiger charge is 2.18. The third-order valence-corrected chi connectivity index (χ3v) is 5.09. The van der Waals surface area contributed by atoms with Crippen LogP contribution >= 0.6 is 0 Å². The van der Waals surface area contributed by atoms with E-state index in [0.29, 0.717) is 12.1 Å². The number of hydrogen-bond donors (Lipinski definition) is 1. The Hall–Kier alpha value is -3.73. The fraction of sp³-hybridized carbons (Fsp3) is 0.0870. The molecule has 1 aromatic heterocycles. The first-order valence-electron chi connectivity index (χ1n) is 9.15. The molecule has 0 saturated heterocycles. The largest absolute Gasteiger partial charge is 0.322 e. The maximum absolute atomic E-state index is 12.7. The zero-order valence-electron chi connectivity index (χ0n) is 15.4. The van der Waals surface area contributed by atoms with Crippen LogP contribution in [0.3, 0.4) is 0 Å². The molecule has 0 saturated carbocycles. The summed E-state index contributed by atoms with van der Waals surface area (Å²) in [5, 5.41) is 8.19. The van der Waals surface area contributed by atoms with E-state index in [9.17, 15) is 4.79 Å². The van der Waals surface area contributed by atoms with E-state index in [2.05, 4.69) is 27.5 Å². The monoisotopic (exact) mass is 366 g/mol. The summed E-state index contributed by atoms with van der Waals surface area (Å²) >= 11 is 0. The van der Waals surface area contributed by atoms with E-state index >= 15 is 0 Å². The lowest BCUT2D eigenvalue weighted by Gasteiger charge is -2.09. The zero-order valence-corrected chi connectivity index (χ0v) is 15.4. The molecule has 0 bridgehead atoms. The summed E-state index contributed by atoms with van der Waals surface area (Å²) in [7, 11) is 1.89. The highest BCUT2D eigenvalue weighted by atomic mass is 16.1. The standard InChI is InChI=1S/C23H18N4O/c1-27-21-10-8-16(11-18(21)14-25-27)23(28)26-19-9-7-17-13-24-22(20(17)12-19)15-5-3-2-4-6-15/h2-12,14H,13H2,1H3,(H,26,28). The molecule has 0 unspecified atom stereocenters. The number of aliphatic imine (C=N–C) groups is 1. The minimum Gasteiger partial charge on any atom is -0.322 e. The number of nitrogens with one attached hydrogen (secondary N) is 1. The highest BCUT2D eigenvalue weighted by molar-refractivity contribution is 6.16. The molecule has 0 atom stereocenters. The third-order valence-electron chi connectivity index (χ3n) is 5.09. The predicted octanol–water partition coefficient (Wildman–Crippen LogP) is 4.18. The molecule has 5 rings (SSSR count). The number of fused-ring (bicyclic) bond motifs is 2. The molecule has 1 aliphatic heterocycles. The van der Waals surface area contributed by atoms with Crippen molar-refractivity contribution < 1.29 is 4.79 Å². The van der Waals surface area contributed by atoms with Crippen molar-refractivity contribution in [1.82, 2.24) is 9.78 Å². The average Bonchev–Trinajstić information content (AvgIpc) is 3.32. The lowest BCUT2D eigenvalue weighted by Crippen LogP contribution is -2.12. The molecule has 1 aliphatic rings. The molecule has 2 heterocycles. The van der Waals surface area contributed by atoms with Crippen molar-refractivity contribution in [2.24, 2.45) is 12.0 Å². The summed E-state index contributed by atoms with van der Waals surface area (Å²) in [6.07, 6.45) is 1.77. The molecule has 5 nitrogen and oxygen atoms in total. The summed E-state index contributed by atoms with van der Waals surface area (Å²) in [5.74, 6) is -0.137. The van der Waals surface area contributed by atoms with Gasteiger partial charge in [-0.3, -0.25) is 14.5 Å². The van der Waals surface area contributed by atoms with Crippen molar-refractivity contribution in [2.45, 2.75) is 6.54 Å². The van der Waals surface area contributed by atoms with Crippen molar-refractivity contribution in [3.8, 4) is 0 Å². The molecule has 1 amide bonds. The number of rotatable bonds is 3. The molecule has 0 aliphatic carbocycles. The lowest BCUT2D eigenvalue weighted by molar-refractivity contribution is 0.102. The Morgan fingerprint density at radius 3 is 2.75 bits per heavy atom. The first-order chi connectivity index (χ1) is 13.7. The Morgan fingerprint density at radius 2 is 1.89 bits per heavy atom. The smallest absolute Gasteiger partial charge is 0.255 e. The number of aryl methyl sites for hydroxylation is 1. The third kappa shape index (κ3) is 2.77. The highest BCUT2D eigenvalue weighted by Crippen LogP contribution is 2.26. The second kappa shape index (κ2) is 6.46. The van der Waals surface area contributed by atoms with Gasteiger partial charge < -0.3 is 5.32 Å². The van der Waals surface area contributed by atoms with E-state index in [1.54, 1.807) is 10.9 Å². The van der Waals surface area contributed by atoms with Gasteiger partial charge in [-0.15, -0.1) is 0 Å². The first-order valence-corrected chi connectivity index (χ1v) is 9.15. The number of amides is 1. The number of nitrogens with zero attached hydrogens (tertiary/aromatic N) is 3. The number of benzene rings is 3. The van der Waals surface area contributed by atoms with E-state index in [1.165, 1.54) is 5.56 Å². The summed E-state index contributed by atoms with van der Waals surface area (Å²) in [4.78, 5) is 17.4. The maximum Gasteiger partial charge on any atom is 0.255 e. The number of anilines is 1.